The van der Waals surface area contributed by atoms with E-state index in [1.165, 1.54) is 21.6 Å². The van der Waals surface area contributed by atoms with Crippen LogP contribution in [0.15, 0.2) is 0 Å². The fraction of sp³-hybridized carbons (Fsp3) is 0.750. The van der Waals surface area contributed by atoms with Gasteiger partial charge in [-0.15, -0.1) is 0 Å². The number of carbonyl (C=O) groups excluding carboxylic acids is 1. The van der Waals surface area contributed by atoms with Crippen molar-refractivity contribution in [3.8, 4) is 0 Å². The average Bonchev–Trinajstić information content (AvgIpc) is 1.89. The Morgan fingerprint density at radius 3 is 2.67 bits per heavy atom. The summed E-state index contributed by atoms with van der Waals surface area (Å²) in [6.07, 6.45) is 0. The van der Waals surface area contributed by atoms with Crippen LogP contribution in [0, 0.1) is 0 Å². The van der Waals surface area contributed by atoms with Gasteiger partial charge in [-0.05, 0) is 0 Å². The van der Waals surface area contributed by atoms with E-state index in [4.69, 9.17) is 4.74 Å². The van der Waals surface area contributed by atoms with E-state index in [1.54, 1.807) is 7.11 Å². The largest absolute Gasteiger partial charge is 0.456 e. The first-order valence-corrected chi connectivity index (χ1v) is 4.69. The molecule has 0 saturated carbocycles. The van der Waals surface area contributed by atoms with Crippen LogP contribution in [0.2, 0.25) is 0 Å². The van der Waals surface area contributed by atoms with Crippen molar-refractivity contribution in [2.24, 2.45) is 0 Å². The molecule has 0 aromatic rings. The van der Waals surface area contributed by atoms with E-state index in [0.717, 1.165) is 0 Å². The molecule has 0 amide bonds. The second-order valence-corrected chi connectivity index (χ2v) is 3.38. The molecule has 0 aliphatic carbocycles. The molecular weight excluding hydrogens is 160 g/mol. The smallest absolute Gasteiger partial charge is 0.293 e. The second-order valence-electron chi connectivity index (χ2n) is 1.02. The van der Waals surface area contributed by atoms with Crippen LogP contribution in [-0.4, -0.2) is 25.5 Å². The summed E-state index contributed by atoms with van der Waals surface area (Å²) in [6.45, 7) is 0.431. The van der Waals surface area contributed by atoms with Crippen LogP contribution in [0.25, 0.3) is 0 Å². The molecule has 0 aromatic carbocycles. The molecule has 9 heavy (non-hydrogen) atoms. The molecule has 0 rings (SSSR count). The van der Waals surface area contributed by atoms with Crippen molar-refractivity contribution in [2.45, 2.75) is 0 Å². The zero-order chi connectivity index (χ0) is 6.95. The Morgan fingerprint density at radius 2 is 2.11 bits per heavy atom. The van der Waals surface area contributed by atoms with Gasteiger partial charge >= 0.3 is 0 Å². The molecule has 0 unspecified atom stereocenters. The fourth-order valence-electron chi connectivity index (χ4n) is 0.172. The van der Waals surface area contributed by atoms with E-state index in [1.807, 2.05) is 0 Å². The predicted molar refractivity (Wildman–Crippen MR) is 39.1 cm³/mol. The number of carbonyl (C=O) groups is 1. The summed E-state index contributed by atoms with van der Waals surface area (Å²) in [6, 6.07) is 0. The lowest BCUT2D eigenvalue weighted by Crippen LogP contribution is -1.84. The average molecular weight is 168 g/mol. The molecule has 0 atom stereocenters. The summed E-state index contributed by atoms with van der Waals surface area (Å²) in [7, 11) is 4.56. The third-order valence-electron chi connectivity index (χ3n) is 0.433. The standard InChI is InChI=1S/C4H8O3S2/c1-6-3-8-9-4-7-2-5/h2H,3-4H2,1H3. The Hall–Kier alpha value is 0.130. The molecule has 0 bridgehead atoms. The highest BCUT2D eigenvalue weighted by Gasteiger charge is 1.86. The summed E-state index contributed by atoms with van der Waals surface area (Å²) < 4.78 is 9.11. The Kier molecular flexibility index (Phi) is 8.25. The van der Waals surface area contributed by atoms with Crippen LogP contribution in [0.5, 0.6) is 0 Å². The monoisotopic (exact) mass is 168 g/mol. The maximum Gasteiger partial charge on any atom is 0.293 e. The molecule has 0 aromatic heterocycles. The van der Waals surface area contributed by atoms with Crippen molar-refractivity contribution in [1.82, 2.24) is 0 Å². The lowest BCUT2D eigenvalue weighted by atomic mass is 11.5. The van der Waals surface area contributed by atoms with Crippen molar-refractivity contribution < 1.29 is 14.3 Å². The molecule has 0 spiro atoms. The van der Waals surface area contributed by atoms with E-state index >= 15 is 0 Å². The SMILES string of the molecule is COCSSCOC=O. The molecule has 0 N–H and O–H groups in total. The van der Waals surface area contributed by atoms with Gasteiger partial charge in [0, 0.05) is 7.11 Å². The predicted octanol–water partition coefficient (Wildman–Crippen LogP) is 1.10. The molecule has 0 aliphatic rings. The number of ether oxygens (including phenoxy) is 2. The number of hydrogen-bond acceptors (Lipinski definition) is 5. The first kappa shape index (κ1) is 9.13. The highest BCUT2D eigenvalue weighted by molar-refractivity contribution is 8.76. The lowest BCUT2D eigenvalue weighted by molar-refractivity contribution is -0.126. The van der Waals surface area contributed by atoms with E-state index in [0.29, 0.717) is 18.4 Å². The molecule has 0 aliphatic heterocycles. The highest BCUT2D eigenvalue weighted by atomic mass is 33.1. The highest BCUT2D eigenvalue weighted by Crippen LogP contribution is 2.19. The molecular formula is C4H8O3S2. The van der Waals surface area contributed by atoms with Gasteiger partial charge in [-0.3, -0.25) is 4.79 Å². The Bertz CT molecular complexity index is 68.8. The summed E-state index contributed by atoms with van der Waals surface area (Å²) in [5, 5.41) is 0. The van der Waals surface area contributed by atoms with Crippen molar-refractivity contribution in [2.75, 3.05) is 19.0 Å². The van der Waals surface area contributed by atoms with Gasteiger partial charge in [-0.25, -0.2) is 0 Å². The van der Waals surface area contributed by atoms with Crippen LogP contribution >= 0.6 is 21.6 Å². The fourth-order valence-corrected chi connectivity index (χ4v) is 1.38. The van der Waals surface area contributed by atoms with Gasteiger partial charge < -0.3 is 9.47 Å². The van der Waals surface area contributed by atoms with Crippen molar-refractivity contribution in [3.05, 3.63) is 0 Å². The van der Waals surface area contributed by atoms with E-state index < -0.39 is 0 Å². The van der Waals surface area contributed by atoms with Crippen LogP contribution in [0.4, 0.5) is 0 Å². The minimum absolute atomic E-state index is 0.386. The van der Waals surface area contributed by atoms with Gasteiger partial charge in [0.15, 0.2) is 0 Å². The van der Waals surface area contributed by atoms with Crippen LogP contribution in [0.1, 0.15) is 0 Å². The van der Waals surface area contributed by atoms with E-state index in [-0.39, 0.29) is 0 Å². The Morgan fingerprint density at radius 1 is 1.44 bits per heavy atom. The molecule has 0 fully saturated rings. The zero-order valence-electron chi connectivity index (χ0n) is 5.03. The van der Waals surface area contributed by atoms with Crippen LogP contribution in [-0.2, 0) is 14.3 Å². The Balaban J connectivity index is 2.66. The van der Waals surface area contributed by atoms with Crippen LogP contribution in [0.3, 0.4) is 0 Å². The number of hydrogen-bond donors (Lipinski definition) is 0. The van der Waals surface area contributed by atoms with Gasteiger partial charge in [0.2, 0.25) is 0 Å². The minimum Gasteiger partial charge on any atom is -0.456 e. The third-order valence-corrected chi connectivity index (χ3v) is 2.24. The number of rotatable bonds is 6. The zero-order valence-corrected chi connectivity index (χ0v) is 6.67. The van der Waals surface area contributed by atoms with E-state index in [2.05, 4.69) is 4.74 Å². The maximum absolute atomic E-state index is 9.56. The Labute approximate surface area is 61.9 Å². The first-order valence-electron chi connectivity index (χ1n) is 2.20. The summed E-state index contributed by atoms with van der Waals surface area (Å²) in [4.78, 5) is 9.56. The van der Waals surface area contributed by atoms with Gasteiger partial charge in [0.1, 0.15) is 11.9 Å². The maximum atomic E-state index is 9.56. The normalized spacial score (nSPS) is 9.00. The van der Waals surface area contributed by atoms with E-state index in [9.17, 15) is 4.79 Å². The molecule has 54 valence electrons. The topological polar surface area (TPSA) is 35.5 Å². The van der Waals surface area contributed by atoms with Gasteiger partial charge in [0.05, 0.1) is 0 Å². The van der Waals surface area contributed by atoms with Gasteiger partial charge in [0.25, 0.3) is 6.47 Å². The molecule has 5 heteroatoms. The lowest BCUT2D eigenvalue weighted by Gasteiger charge is -1.96. The molecule has 0 saturated heterocycles. The van der Waals surface area contributed by atoms with Crippen LogP contribution < -0.4 is 0 Å². The summed E-state index contributed by atoms with van der Waals surface area (Å²) in [5.74, 6) is 1.00. The third kappa shape index (κ3) is 8.13. The van der Waals surface area contributed by atoms with Crippen molar-refractivity contribution in [3.63, 3.8) is 0 Å². The van der Waals surface area contributed by atoms with Crippen molar-refractivity contribution >= 4 is 28.1 Å². The molecule has 0 heterocycles. The van der Waals surface area contributed by atoms with Gasteiger partial charge in [-0.1, -0.05) is 21.6 Å². The molecule has 3 nitrogen and oxygen atoms in total. The molecule has 0 radical (unpaired) electrons. The van der Waals surface area contributed by atoms with Crippen molar-refractivity contribution in [1.29, 1.82) is 0 Å². The second kappa shape index (κ2) is 8.13. The minimum atomic E-state index is 0.386. The summed E-state index contributed by atoms with van der Waals surface area (Å²) >= 11 is 0. The quantitative estimate of drug-likeness (QED) is 0.257. The summed E-state index contributed by atoms with van der Waals surface area (Å²) in [5.41, 5.74) is 0. The first-order chi connectivity index (χ1) is 4.41. The van der Waals surface area contributed by atoms with Gasteiger partial charge in [-0.2, -0.15) is 0 Å². The number of methoxy groups -OCH3 is 1.